The monoisotopic (exact) mass is 331 g/mol. The van der Waals surface area contributed by atoms with Gasteiger partial charge < -0.3 is 14.8 Å². The van der Waals surface area contributed by atoms with Gasteiger partial charge in [-0.25, -0.2) is 0 Å². The van der Waals surface area contributed by atoms with Crippen molar-refractivity contribution in [2.75, 3.05) is 13.2 Å². The minimum absolute atomic E-state index is 0.0695. The van der Waals surface area contributed by atoms with Gasteiger partial charge >= 0.3 is 6.18 Å². The van der Waals surface area contributed by atoms with Crippen LogP contribution in [0.4, 0.5) is 13.2 Å². The van der Waals surface area contributed by atoms with Gasteiger partial charge in [-0.1, -0.05) is 24.3 Å². The third kappa shape index (κ3) is 7.00. The summed E-state index contributed by atoms with van der Waals surface area (Å²) < 4.78 is 47.3. The van der Waals surface area contributed by atoms with Gasteiger partial charge in [0.2, 0.25) is 5.91 Å². The number of carbonyl (C=O) groups excluding carboxylic acids is 1. The molecule has 1 saturated heterocycles. The minimum atomic E-state index is -4.48. The average Bonchev–Trinajstić information content (AvgIpc) is 2.51. The fourth-order valence-electron chi connectivity index (χ4n) is 2.33. The molecule has 1 heterocycles. The lowest BCUT2D eigenvalue weighted by molar-refractivity contribution is -0.153. The number of halogens is 3. The summed E-state index contributed by atoms with van der Waals surface area (Å²) in [7, 11) is 0. The number of benzene rings is 1. The number of nitrogens with one attached hydrogen (secondary N) is 1. The Bertz CT molecular complexity index is 514. The molecule has 1 aromatic carbocycles. The molecule has 1 aliphatic rings. The number of hydrogen-bond acceptors (Lipinski definition) is 3. The molecule has 0 bridgehead atoms. The zero-order valence-electron chi connectivity index (χ0n) is 12.7. The van der Waals surface area contributed by atoms with E-state index in [1.807, 2.05) is 12.1 Å². The molecule has 4 nitrogen and oxygen atoms in total. The maximum Gasteiger partial charge on any atom is 0.397 e. The summed E-state index contributed by atoms with van der Waals surface area (Å²) in [5, 5.41) is 2.27. The summed E-state index contributed by atoms with van der Waals surface area (Å²) >= 11 is 0. The van der Waals surface area contributed by atoms with E-state index in [2.05, 4.69) is 5.32 Å². The second kappa shape index (κ2) is 8.31. The largest absolute Gasteiger partial charge is 0.397 e. The Morgan fingerprint density at radius 2 is 1.96 bits per heavy atom. The predicted octanol–water partition coefficient (Wildman–Crippen LogP) is 2.95. The van der Waals surface area contributed by atoms with Crippen LogP contribution in [0.1, 0.15) is 30.4 Å². The van der Waals surface area contributed by atoms with Crippen LogP contribution in [-0.2, 0) is 27.4 Å². The van der Waals surface area contributed by atoms with Crippen LogP contribution in [0.25, 0.3) is 0 Å². The van der Waals surface area contributed by atoms with Gasteiger partial charge in [0.05, 0.1) is 12.7 Å². The first-order valence-electron chi connectivity index (χ1n) is 7.53. The molecule has 7 heteroatoms. The summed E-state index contributed by atoms with van der Waals surface area (Å²) in [6.07, 6.45) is -4.03. The predicted molar refractivity (Wildman–Crippen MR) is 77.6 cm³/mol. The van der Waals surface area contributed by atoms with E-state index in [1.54, 1.807) is 12.1 Å². The fourth-order valence-corrected chi connectivity index (χ4v) is 2.33. The highest BCUT2D eigenvalue weighted by atomic mass is 19.4. The molecular formula is C16H20F3NO3. The van der Waals surface area contributed by atoms with E-state index in [0.717, 1.165) is 24.0 Å². The fraction of sp³-hybridized carbons (Fsp3) is 0.562. The first kappa shape index (κ1) is 17.7. The highest BCUT2D eigenvalue weighted by Crippen LogP contribution is 2.19. The molecule has 0 aromatic heterocycles. The van der Waals surface area contributed by atoms with E-state index in [9.17, 15) is 18.0 Å². The maximum absolute atomic E-state index is 12.1. The van der Waals surface area contributed by atoms with Crippen molar-refractivity contribution in [2.24, 2.45) is 0 Å². The molecule has 1 N–H and O–H groups in total. The van der Waals surface area contributed by atoms with Crippen molar-refractivity contribution in [1.82, 2.24) is 5.32 Å². The van der Waals surface area contributed by atoms with Gasteiger partial charge in [0.25, 0.3) is 0 Å². The third-order valence-electron chi connectivity index (χ3n) is 3.50. The number of carbonyl (C=O) groups is 1. The van der Waals surface area contributed by atoms with Crippen LogP contribution in [0.15, 0.2) is 24.3 Å². The van der Waals surface area contributed by atoms with E-state index < -0.39 is 18.5 Å². The van der Waals surface area contributed by atoms with Crippen LogP contribution in [0.2, 0.25) is 0 Å². The van der Waals surface area contributed by atoms with Crippen molar-refractivity contribution in [3.8, 4) is 0 Å². The van der Waals surface area contributed by atoms with Gasteiger partial charge in [-0.3, -0.25) is 4.79 Å². The SMILES string of the molecule is O=C(CC(F)(F)F)NCc1cccc(COC2CCOCC2)c1. The number of alkyl halides is 3. The summed E-state index contributed by atoms with van der Waals surface area (Å²) in [5.74, 6) is -1.03. The van der Waals surface area contributed by atoms with Crippen LogP contribution in [0, 0.1) is 0 Å². The molecule has 1 amide bonds. The summed E-state index contributed by atoms with van der Waals surface area (Å²) in [6.45, 7) is 1.92. The lowest BCUT2D eigenvalue weighted by atomic mass is 10.1. The van der Waals surface area contributed by atoms with Crippen molar-refractivity contribution in [2.45, 2.75) is 44.7 Å². The summed E-state index contributed by atoms with van der Waals surface area (Å²) in [6, 6.07) is 7.27. The van der Waals surface area contributed by atoms with Gasteiger partial charge in [-0.15, -0.1) is 0 Å². The molecule has 1 fully saturated rings. The van der Waals surface area contributed by atoms with E-state index in [1.165, 1.54) is 0 Å². The van der Waals surface area contributed by atoms with E-state index in [4.69, 9.17) is 9.47 Å². The highest BCUT2D eigenvalue weighted by molar-refractivity contribution is 5.76. The Hall–Kier alpha value is -1.60. The lowest BCUT2D eigenvalue weighted by Gasteiger charge is -2.22. The quantitative estimate of drug-likeness (QED) is 0.872. The lowest BCUT2D eigenvalue weighted by Crippen LogP contribution is -2.28. The molecule has 23 heavy (non-hydrogen) atoms. The van der Waals surface area contributed by atoms with E-state index in [0.29, 0.717) is 19.8 Å². The van der Waals surface area contributed by atoms with Gasteiger partial charge in [0.1, 0.15) is 6.42 Å². The van der Waals surface area contributed by atoms with Crippen LogP contribution >= 0.6 is 0 Å². The number of ether oxygens (including phenoxy) is 2. The number of rotatable bonds is 6. The normalized spacial score (nSPS) is 16.3. The molecule has 0 unspecified atom stereocenters. The maximum atomic E-state index is 12.1. The zero-order valence-corrected chi connectivity index (χ0v) is 12.7. The standard InChI is InChI=1S/C16H20F3NO3/c17-16(18,19)9-15(21)20-10-12-2-1-3-13(8-12)11-23-14-4-6-22-7-5-14/h1-3,8,14H,4-7,9-11H2,(H,20,21). The van der Waals surface area contributed by atoms with E-state index >= 15 is 0 Å². The summed E-state index contributed by atoms with van der Waals surface area (Å²) in [5.41, 5.74) is 1.67. The Balaban J connectivity index is 1.78. The van der Waals surface area contributed by atoms with Gasteiger partial charge in [0, 0.05) is 19.8 Å². The third-order valence-corrected chi connectivity index (χ3v) is 3.50. The van der Waals surface area contributed by atoms with E-state index in [-0.39, 0.29) is 12.6 Å². The Kier molecular flexibility index (Phi) is 6.41. The van der Waals surface area contributed by atoms with Crippen LogP contribution < -0.4 is 5.32 Å². The van der Waals surface area contributed by atoms with Crippen molar-refractivity contribution in [3.63, 3.8) is 0 Å². The molecule has 1 aliphatic heterocycles. The molecule has 0 saturated carbocycles. The summed E-state index contributed by atoms with van der Waals surface area (Å²) in [4.78, 5) is 11.2. The molecule has 0 aliphatic carbocycles. The molecule has 2 rings (SSSR count). The van der Waals surface area contributed by atoms with Crippen molar-refractivity contribution in [1.29, 1.82) is 0 Å². The molecule has 0 atom stereocenters. The highest BCUT2D eigenvalue weighted by Gasteiger charge is 2.30. The van der Waals surface area contributed by atoms with Gasteiger partial charge in [0.15, 0.2) is 0 Å². The molecular weight excluding hydrogens is 311 g/mol. The first-order chi connectivity index (χ1) is 10.9. The van der Waals surface area contributed by atoms with Crippen molar-refractivity contribution >= 4 is 5.91 Å². The molecule has 0 spiro atoms. The average molecular weight is 331 g/mol. The van der Waals surface area contributed by atoms with Crippen molar-refractivity contribution < 1.29 is 27.4 Å². The van der Waals surface area contributed by atoms with Crippen LogP contribution in [-0.4, -0.2) is 31.4 Å². The Labute approximate surface area is 133 Å². The van der Waals surface area contributed by atoms with Crippen LogP contribution in [0.5, 0.6) is 0 Å². The Morgan fingerprint density at radius 1 is 1.26 bits per heavy atom. The second-order valence-electron chi connectivity index (χ2n) is 5.51. The van der Waals surface area contributed by atoms with Gasteiger partial charge in [-0.2, -0.15) is 13.2 Å². The van der Waals surface area contributed by atoms with Crippen molar-refractivity contribution in [3.05, 3.63) is 35.4 Å². The second-order valence-corrected chi connectivity index (χ2v) is 5.51. The molecule has 0 radical (unpaired) electrons. The Morgan fingerprint density at radius 3 is 2.65 bits per heavy atom. The number of amides is 1. The zero-order chi connectivity index (χ0) is 16.7. The molecule has 128 valence electrons. The minimum Gasteiger partial charge on any atom is -0.381 e. The number of hydrogen-bond donors (Lipinski definition) is 1. The topological polar surface area (TPSA) is 47.6 Å². The smallest absolute Gasteiger partial charge is 0.381 e. The first-order valence-corrected chi connectivity index (χ1v) is 7.53. The molecule has 1 aromatic rings. The van der Waals surface area contributed by atoms with Gasteiger partial charge in [-0.05, 0) is 24.0 Å². The van der Waals surface area contributed by atoms with Crippen LogP contribution in [0.3, 0.4) is 0 Å².